The van der Waals surface area contributed by atoms with Crippen LogP contribution < -0.4 is 10.6 Å². The van der Waals surface area contributed by atoms with Crippen LogP contribution in [0.1, 0.15) is 0 Å². The van der Waals surface area contributed by atoms with E-state index < -0.39 is 16.1 Å². The van der Waals surface area contributed by atoms with Crippen molar-refractivity contribution in [1.29, 1.82) is 0 Å². The van der Waals surface area contributed by atoms with E-state index in [2.05, 4.69) is 0 Å². The van der Waals surface area contributed by atoms with E-state index >= 15 is 0 Å². The van der Waals surface area contributed by atoms with Crippen molar-refractivity contribution in [3.05, 3.63) is 48.5 Å². The highest BCUT2D eigenvalue weighted by molar-refractivity contribution is 7.99. The van der Waals surface area contributed by atoms with Crippen LogP contribution in [0, 0.1) is 0 Å². The molecule has 0 aliphatic rings. The zero-order chi connectivity index (χ0) is 13.8. The highest BCUT2D eigenvalue weighted by atomic mass is 32.2. The molecule has 7 heteroatoms. The van der Waals surface area contributed by atoms with E-state index in [9.17, 15) is 9.13 Å². The first-order valence-corrected chi connectivity index (χ1v) is 8.50. The summed E-state index contributed by atoms with van der Waals surface area (Å²) in [6, 6.07) is 13.5. The Morgan fingerprint density at radius 3 is 1.26 bits per heavy atom. The topological polar surface area (TPSA) is 74.6 Å². The molecule has 2 rings (SSSR count). The fraction of sp³-hybridized carbons (Fsp3) is 0. The van der Waals surface area contributed by atoms with Gasteiger partial charge in [-0.2, -0.15) is 9.79 Å². The van der Waals surface area contributed by atoms with Gasteiger partial charge in [0, 0.05) is 9.79 Å². The maximum Gasteiger partial charge on any atom is 0.546 e. The van der Waals surface area contributed by atoms with E-state index in [-0.39, 0.29) is 0 Å². The molecule has 0 aliphatic carbocycles. The second-order valence-corrected chi connectivity index (χ2v) is 6.91. The van der Waals surface area contributed by atoms with Gasteiger partial charge in [-0.3, -0.25) is 0 Å². The zero-order valence-electron chi connectivity index (χ0n) is 9.63. The van der Waals surface area contributed by atoms with Crippen LogP contribution >= 0.6 is 27.8 Å². The van der Waals surface area contributed by atoms with E-state index in [1.165, 1.54) is 11.8 Å². The SMILES string of the molecule is O=[P+](O)c1ccc(Sc2ccc([P+](=O)O)cc2)cc1. The summed E-state index contributed by atoms with van der Waals surface area (Å²) < 4.78 is 21.7. The average Bonchev–Trinajstić information content (AvgIpc) is 2.40. The van der Waals surface area contributed by atoms with Crippen molar-refractivity contribution in [3.8, 4) is 0 Å². The lowest BCUT2D eigenvalue weighted by Crippen LogP contribution is -1.94. The third-order valence-corrected chi connectivity index (χ3v) is 4.85. The van der Waals surface area contributed by atoms with Gasteiger partial charge >= 0.3 is 16.1 Å². The first kappa shape index (κ1) is 14.3. The minimum atomic E-state index is -2.30. The normalized spacial score (nSPS) is 12.1. The summed E-state index contributed by atoms with van der Waals surface area (Å²) in [7, 11) is -4.60. The Bertz CT molecular complexity index is 555. The number of benzene rings is 2. The molecule has 0 saturated heterocycles. The summed E-state index contributed by atoms with van der Waals surface area (Å²) in [6.45, 7) is 0. The van der Waals surface area contributed by atoms with Crippen LogP contribution in [-0.4, -0.2) is 9.79 Å². The largest absolute Gasteiger partial charge is 0.546 e. The smallest absolute Gasteiger partial charge is 0.156 e. The molecule has 2 aromatic rings. The van der Waals surface area contributed by atoms with Crippen LogP contribution in [0.4, 0.5) is 0 Å². The minimum absolute atomic E-state index is 0.395. The lowest BCUT2D eigenvalue weighted by molar-refractivity contribution is 0.512. The Hall–Kier alpha value is -1.09. The molecule has 2 aromatic carbocycles. The van der Waals surface area contributed by atoms with Crippen molar-refractivity contribution in [2.24, 2.45) is 0 Å². The monoisotopic (exact) mass is 312 g/mol. The highest BCUT2D eigenvalue weighted by Gasteiger charge is 2.16. The van der Waals surface area contributed by atoms with Crippen LogP contribution in [-0.2, 0) is 9.13 Å². The molecule has 96 valence electrons. The van der Waals surface area contributed by atoms with Crippen molar-refractivity contribution in [1.82, 2.24) is 0 Å². The van der Waals surface area contributed by atoms with Crippen molar-refractivity contribution in [3.63, 3.8) is 0 Å². The molecule has 2 unspecified atom stereocenters. The van der Waals surface area contributed by atoms with E-state index in [0.717, 1.165) is 9.79 Å². The van der Waals surface area contributed by atoms with E-state index in [1.807, 2.05) is 0 Å². The third kappa shape index (κ3) is 3.93. The first-order valence-electron chi connectivity index (χ1n) is 5.26. The Labute approximate surface area is 116 Å². The van der Waals surface area contributed by atoms with Crippen LogP contribution in [0.15, 0.2) is 58.3 Å². The molecule has 0 spiro atoms. The summed E-state index contributed by atoms with van der Waals surface area (Å²) in [6.07, 6.45) is 0. The van der Waals surface area contributed by atoms with Crippen molar-refractivity contribution < 1.29 is 18.9 Å². The molecule has 4 nitrogen and oxygen atoms in total. The summed E-state index contributed by atoms with van der Waals surface area (Å²) in [5, 5.41) is 0.791. The molecule has 0 aromatic heterocycles. The molecule has 0 bridgehead atoms. The summed E-state index contributed by atoms with van der Waals surface area (Å²) in [5.74, 6) is 0. The molecule has 0 radical (unpaired) electrons. The Kier molecular flexibility index (Phi) is 4.81. The maximum absolute atomic E-state index is 10.9. The predicted octanol–water partition coefficient (Wildman–Crippen LogP) is 2.56. The van der Waals surface area contributed by atoms with Crippen molar-refractivity contribution in [2.75, 3.05) is 0 Å². The average molecular weight is 312 g/mol. The van der Waals surface area contributed by atoms with Crippen LogP contribution in [0.2, 0.25) is 0 Å². The highest BCUT2D eigenvalue weighted by Crippen LogP contribution is 2.28. The van der Waals surface area contributed by atoms with Gasteiger partial charge in [0.2, 0.25) is 10.6 Å². The molecule has 0 heterocycles. The van der Waals surface area contributed by atoms with E-state index in [0.29, 0.717) is 10.6 Å². The molecule has 2 atom stereocenters. The van der Waals surface area contributed by atoms with Gasteiger partial charge in [0.15, 0.2) is 0 Å². The summed E-state index contributed by atoms with van der Waals surface area (Å²) in [4.78, 5) is 19.7. The lowest BCUT2D eigenvalue weighted by atomic mass is 10.4. The summed E-state index contributed by atoms with van der Waals surface area (Å²) in [5.41, 5.74) is 0. The number of hydrogen-bond acceptors (Lipinski definition) is 3. The number of rotatable bonds is 4. The maximum atomic E-state index is 10.9. The van der Waals surface area contributed by atoms with Gasteiger partial charge < -0.3 is 0 Å². The first-order chi connectivity index (χ1) is 9.06. The second kappa shape index (κ2) is 6.38. The van der Waals surface area contributed by atoms with Gasteiger partial charge in [-0.15, -0.1) is 0 Å². The van der Waals surface area contributed by atoms with Crippen molar-refractivity contribution in [2.45, 2.75) is 9.79 Å². The molecule has 0 aliphatic heterocycles. The molecule has 2 N–H and O–H groups in total. The van der Waals surface area contributed by atoms with Gasteiger partial charge in [0.1, 0.15) is 0 Å². The van der Waals surface area contributed by atoms with Crippen LogP contribution in [0.3, 0.4) is 0 Å². The Morgan fingerprint density at radius 2 is 1.00 bits per heavy atom. The van der Waals surface area contributed by atoms with Gasteiger partial charge in [0.25, 0.3) is 0 Å². The zero-order valence-corrected chi connectivity index (χ0v) is 12.2. The van der Waals surface area contributed by atoms with Gasteiger partial charge in [0.05, 0.1) is 0 Å². The minimum Gasteiger partial charge on any atom is -0.156 e. The molecular formula is C12H10O4P2S+2. The fourth-order valence-electron chi connectivity index (χ4n) is 1.42. The quantitative estimate of drug-likeness (QED) is 0.849. The summed E-state index contributed by atoms with van der Waals surface area (Å²) >= 11 is 1.48. The van der Waals surface area contributed by atoms with E-state index in [1.54, 1.807) is 48.5 Å². The van der Waals surface area contributed by atoms with E-state index in [4.69, 9.17) is 9.79 Å². The molecule has 19 heavy (non-hydrogen) atoms. The van der Waals surface area contributed by atoms with Gasteiger partial charge in [-0.1, -0.05) is 11.8 Å². The van der Waals surface area contributed by atoms with Gasteiger partial charge in [-0.25, -0.2) is 0 Å². The van der Waals surface area contributed by atoms with Crippen LogP contribution in [0.5, 0.6) is 0 Å². The Balaban J connectivity index is 2.12. The third-order valence-electron chi connectivity index (χ3n) is 2.35. The predicted molar refractivity (Wildman–Crippen MR) is 75.9 cm³/mol. The standard InChI is InChI=1S/C12H8O4P2S/c13-17(14)9-1-5-11(6-2-9)19-12-7-3-10(4-8-12)18(15)16/h1-8H/p+2. The van der Waals surface area contributed by atoms with Crippen molar-refractivity contribution >= 4 is 38.4 Å². The van der Waals surface area contributed by atoms with Crippen LogP contribution in [0.25, 0.3) is 0 Å². The molecule has 0 saturated carbocycles. The molecule has 0 fully saturated rings. The Morgan fingerprint density at radius 1 is 0.684 bits per heavy atom. The molecule has 0 amide bonds. The second-order valence-electron chi connectivity index (χ2n) is 3.64. The molecular weight excluding hydrogens is 302 g/mol. The van der Waals surface area contributed by atoms with Gasteiger partial charge in [-0.05, 0) is 57.7 Å². The lowest BCUT2D eigenvalue weighted by Gasteiger charge is -2.00. The fourth-order valence-corrected chi connectivity index (χ4v) is 3.04. The number of hydrogen-bond donors (Lipinski definition) is 2.